The third kappa shape index (κ3) is 4.61. The predicted octanol–water partition coefficient (Wildman–Crippen LogP) is 4.50. The normalized spacial score (nSPS) is 19.4. The standard InChI is InChI=1S/C24H23N5OS/c30-23-21(31-24(27-23)26-20-10-4-5-11-20)13-19-16-29(15-17-7-2-1-3-8-17)28-22(19)18-9-6-12-25-14-18/h1-3,6-9,12-14,16,20H,4-5,10-11,15H2,(H,26,27,30). The van der Waals surface area contributed by atoms with Crippen LogP contribution in [-0.4, -0.2) is 31.9 Å². The molecule has 31 heavy (non-hydrogen) atoms. The van der Waals surface area contributed by atoms with E-state index in [1.165, 1.54) is 30.2 Å². The van der Waals surface area contributed by atoms with Crippen LogP contribution >= 0.6 is 11.8 Å². The number of benzene rings is 1. The number of hydrogen-bond acceptors (Lipinski definition) is 5. The van der Waals surface area contributed by atoms with E-state index in [9.17, 15) is 4.79 Å². The Hall–Kier alpha value is -3.19. The molecule has 0 spiro atoms. The van der Waals surface area contributed by atoms with Crippen LogP contribution in [0.2, 0.25) is 0 Å². The van der Waals surface area contributed by atoms with E-state index in [0.29, 0.717) is 22.7 Å². The molecule has 1 aliphatic carbocycles. The van der Waals surface area contributed by atoms with Gasteiger partial charge in [-0.1, -0.05) is 43.2 Å². The lowest BCUT2D eigenvalue weighted by Gasteiger charge is -2.02. The molecule has 3 heterocycles. The fourth-order valence-electron chi connectivity index (χ4n) is 3.95. The summed E-state index contributed by atoms with van der Waals surface area (Å²) in [6.07, 6.45) is 12.1. The van der Waals surface area contributed by atoms with E-state index in [-0.39, 0.29) is 5.91 Å². The number of thioether (sulfide) groups is 1. The molecule has 1 aliphatic heterocycles. The predicted molar refractivity (Wildman–Crippen MR) is 124 cm³/mol. The maximum atomic E-state index is 12.6. The van der Waals surface area contributed by atoms with E-state index in [2.05, 4.69) is 22.4 Å². The first kappa shape index (κ1) is 19.8. The Morgan fingerprint density at radius 2 is 2.00 bits per heavy atom. The average molecular weight is 430 g/mol. The zero-order valence-corrected chi connectivity index (χ0v) is 17.9. The molecule has 1 saturated heterocycles. The van der Waals surface area contributed by atoms with Crippen LogP contribution < -0.4 is 5.32 Å². The molecule has 1 amide bonds. The van der Waals surface area contributed by atoms with Crippen molar-refractivity contribution in [1.29, 1.82) is 0 Å². The second-order valence-electron chi connectivity index (χ2n) is 7.80. The highest BCUT2D eigenvalue weighted by Crippen LogP contribution is 2.31. The molecular weight excluding hydrogens is 406 g/mol. The van der Waals surface area contributed by atoms with Crippen molar-refractivity contribution in [3.63, 3.8) is 0 Å². The fourth-order valence-corrected chi connectivity index (χ4v) is 4.83. The van der Waals surface area contributed by atoms with Crippen LogP contribution in [0.3, 0.4) is 0 Å². The number of aliphatic imine (C=N–C) groups is 1. The number of pyridine rings is 1. The van der Waals surface area contributed by atoms with E-state index in [1.807, 2.05) is 47.3 Å². The minimum absolute atomic E-state index is 0.102. The molecule has 0 bridgehead atoms. The molecule has 0 radical (unpaired) electrons. The summed E-state index contributed by atoms with van der Waals surface area (Å²) in [5.74, 6) is -0.102. The summed E-state index contributed by atoms with van der Waals surface area (Å²) >= 11 is 1.42. The Kier molecular flexibility index (Phi) is 5.67. The summed E-state index contributed by atoms with van der Waals surface area (Å²) in [7, 11) is 0. The summed E-state index contributed by atoms with van der Waals surface area (Å²) in [6, 6.07) is 14.4. The molecule has 1 N–H and O–H groups in total. The maximum absolute atomic E-state index is 12.6. The molecule has 0 unspecified atom stereocenters. The van der Waals surface area contributed by atoms with E-state index < -0.39 is 0 Å². The molecule has 2 fully saturated rings. The Morgan fingerprint density at radius 3 is 2.77 bits per heavy atom. The molecule has 0 atom stereocenters. The number of rotatable bonds is 5. The molecule has 6 nitrogen and oxygen atoms in total. The summed E-state index contributed by atoms with van der Waals surface area (Å²) in [5.41, 5.74) is 3.79. The van der Waals surface area contributed by atoms with E-state index in [4.69, 9.17) is 10.1 Å². The lowest BCUT2D eigenvalue weighted by molar-refractivity contribution is -0.115. The Bertz CT molecular complexity index is 1130. The van der Waals surface area contributed by atoms with Gasteiger partial charge in [-0.25, -0.2) is 0 Å². The van der Waals surface area contributed by atoms with Crippen LogP contribution in [0.5, 0.6) is 0 Å². The number of amides is 1. The van der Waals surface area contributed by atoms with Gasteiger partial charge in [-0.15, -0.1) is 0 Å². The van der Waals surface area contributed by atoms with Crippen LogP contribution in [-0.2, 0) is 11.3 Å². The molecule has 5 rings (SSSR count). The van der Waals surface area contributed by atoms with Crippen LogP contribution in [0.15, 0.2) is 71.0 Å². The summed E-state index contributed by atoms with van der Waals surface area (Å²) in [4.78, 5) is 22.2. The van der Waals surface area contributed by atoms with Gasteiger partial charge in [-0.05, 0) is 48.4 Å². The maximum Gasteiger partial charge on any atom is 0.264 e. The molecule has 1 saturated carbocycles. The molecule has 7 heteroatoms. The van der Waals surface area contributed by atoms with Gasteiger partial charge in [0.2, 0.25) is 0 Å². The summed E-state index contributed by atoms with van der Waals surface area (Å²) < 4.78 is 1.91. The van der Waals surface area contributed by atoms with E-state index in [0.717, 1.165) is 29.7 Å². The topological polar surface area (TPSA) is 72.2 Å². The quantitative estimate of drug-likeness (QED) is 0.607. The van der Waals surface area contributed by atoms with Gasteiger partial charge >= 0.3 is 0 Å². The lowest BCUT2D eigenvalue weighted by atomic mass is 10.1. The minimum Gasteiger partial charge on any atom is -0.301 e. The highest BCUT2D eigenvalue weighted by atomic mass is 32.2. The lowest BCUT2D eigenvalue weighted by Crippen LogP contribution is -2.21. The third-order valence-electron chi connectivity index (χ3n) is 5.47. The van der Waals surface area contributed by atoms with Crippen molar-refractivity contribution in [2.75, 3.05) is 0 Å². The number of nitrogens with zero attached hydrogens (tertiary/aromatic N) is 4. The van der Waals surface area contributed by atoms with Crippen LogP contribution in [0.25, 0.3) is 17.3 Å². The molecule has 1 aromatic carbocycles. The molecule has 3 aromatic rings. The van der Waals surface area contributed by atoms with E-state index >= 15 is 0 Å². The van der Waals surface area contributed by atoms with Gasteiger partial charge in [-0.3, -0.25) is 19.5 Å². The van der Waals surface area contributed by atoms with Crippen LogP contribution in [0.4, 0.5) is 0 Å². The molecular formula is C24H23N5OS. The SMILES string of the molecule is O=C1NC(=NC2CCCC2)SC1=Cc1cn(Cc2ccccc2)nc1-c1cccnc1. The van der Waals surface area contributed by atoms with Gasteiger partial charge in [0.1, 0.15) is 5.69 Å². The van der Waals surface area contributed by atoms with Crippen molar-refractivity contribution in [1.82, 2.24) is 20.1 Å². The van der Waals surface area contributed by atoms with Crippen molar-refractivity contribution in [2.45, 2.75) is 38.3 Å². The number of carbonyl (C=O) groups is 1. The van der Waals surface area contributed by atoms with Crippen LogP contribution in [0, 0.1) is 0 Å². The number of nitrogens with one attached hydrogen (secondary N) is 1. The zero-order valence-electron chi connectivity index (χ0n) is 17.1. The molecule has 156 valence electrons. The second kappa shape index (κ2) is 8.89. The Morgan fingerprint density at radius 1 is 1.16 bits per heavy atom. The van der Waals surface area contributed by atoms with Gasteiger partial charge < -0.3 is 5.32 Å². The number of carbonyl (C=O) groups excluding carboxylic acids is 1. The van der Waals surface area contributed by atoms with Crippen molar-refractivity contribution in [2.24, 2.45) is 4.99 Å². The first-order valence-electron chi connectivity index (χ1n) is 10.5. The number of hydrogen-bond donors (Lipinski definition) is 1. The van der Waals surface area contributed by atoms with Crippen LogP contribution in [0.1, 0.15) is 36.8 Å². The first-order valence-corrected chi connectivity index (χ1v) is 11.4. The third-order valence-corrected chi connectivity index (χ3v) is 6.40. The van der Waals surface area contributed by atoms with Crippen molar-refractivity contribution >= 4 is 28.9 Å². The van der Waals surface area contributed by atoms with Gasteiger partial charge in [0.25, 0.3) is 5.91 Å². The van der Waals surface area contributed by atoms with Crippen molar-refractivity contribution in [3.8, 4) is 11.3 Å². The highest BCUT2D eigenvalue weighted by molar-refractivity contribution is 8.18. The van der Waals surface area contributed by atoms with Gasteiger partial charge in [0.05, 0.1) is 17.5 Å². The largest absolute Gasteiger partial charge is 0.301 e. The summed E-state index contributed by atoms with van der Waals surface area (Å²) in [5, 5.41) is 8.44. The first-order chi connectivity index (χ1) is 15.2. The van der Waals surface area contributed by atoms with Gasteiger partial charge in [0.15, 0.2) is 5.17 Å². The molecule has 2 aromatic heterocycles. The van der Waals surface area contributed by atoms with Gasteiger partial charge in [0, 0.05) is 29.7 Å². The summed E-state index contributed by atoms with van der Waals surface area (Å²) in [6.45, 7) is 0.658. The fraction of sp³-hybridized carbons (Fsp3) is 0.250. The second-order valence-corrected chi connectivity index (χ2v) is 8.83. The number of amidine groups is 1. The van der Waals surface area contributed by atoms with Crippen molar-refractivity contribution < 1.29 is 4.79 Å². The number of aromatic nitrogens is 3. The van der Waals surface area contributed by atoms with E-state index in [1.54, 1.807) is 12.4 Å². The Balaban J connectivity index is 1.46. The zero-order chi connectivity index (χ0) is 21.0. The average Bonchev–Trinajstić information content (AvgIpc) is 3.52. The van der Waals surface area contributed by atoms with Gasteiger partial charge in [-0.2, -0.15) is 5.10 Å². The minimum atomic E-state index is -0.102. The molecule has 2 aliphatic rings. The monoisotopic (exact) mass is 429 g/mol. The Labute approximate surface area is 185 Å². The smallest absolute Gasteiger partial charge is 0.264 e. The highest BCUT2D eigenvalue weighted by Gasteiger charge is 2.26. The van der Waals surface area contributed by atoms with Crippen molar-refractivity contribution in [3.05, 3.63) is 77.1 Å².